The molecule has 0 amide bonds. The monoisotopic (exact) mass is 268 g/mol. The van der Waals surface area contributed by atoms with Crippen molar-refractivity contribution in [3.05, 3.63) is 26.0 Å². The number of nitrogens with zero attached hydrogens (tertiary/aromatic N) is 1. The van der Waals surface area contributed by atoms with Crippen LogP contribution in [0.15, 0.2) is 21.8 Å². The number of halogens is 1. The van der Waals surface area contributed by atoms with Crippen molar-refractivity contribution in [2.45, 2.75) is 0 Å². The van der Waals surface area contributed by atoms with Crippen LogP contribution in [0.4, 0.5) is 5.88 Å². The van der Waals surface area contributed by atoms with Gasteiger partial charge in [-0.25, -0.2) is 0 Å². The first kappa shape index (κ1) is 8.50. The van der Waals surface area contributed by atoms with Gasteiger partial charge in [0.25, 0.3) is 0 Å². The summed E-state index contributed by atoms with van der Waals surface area (Å²) in [6, 6.07) is 3.07. The molecule has 1 heterocycles. The molecule has 11 heavy (non-hydrogen) atoms. The van der Waals surface area contributed by atoms with E-state index in [0.717, 1.165) is 0 Å². The summed E-state index contributed by atoms with van der Waals surface area (Å²) in [5, 5.41) is 11.9. The van der Waals surface area contributed by atoms with Crippen LogP contribution < -0.4 is 5.17 Å². The second kappa shape index (κ2) is 3.69. The highest BCUT2D eigenvalue weighted by Crippen LogP contribution is 2.14. The third kappa shape index (κ3) is 1.91. The van der Waals surface area contributed by atoms with Gasteiger partial charge in [-0.05, 0) is 6.07 Å². The van der Waals surface area contributed by atoms with Crippen LogP contribution in [0.3, 0.4) is 0 Å². The van der Waals surface area contributed by atoms with Crippen LogP contribution in [0.2, 0.25) is 0 Å². The van der Waals surface area contributed by atoms with Crippen molar-refractivity contribution in [1.82, 2.24) is 0 Å². The highest BCUT2D eigenvalue weighted by Gasteiger charge is 2.07. The number of nitroso groups, excluding NO2 is 1. The summed E-state index contributed by atoms with van der Waals surface area (Å²) in [6.07, 6.45) is 0. The highest BCUT2D eigenvalue weighted by molar-refractivity contribution is 14.2. The summed E-state index contributed by atoms with van der Waals surface area (Å²) < 4.78 is 9.26. The van der Waals surface area contributed by atoms with Gasteiger partial charge in [0.15, 0.2) is 9.05 Å². The van der Waals surface area contributed by atoms with Crippen LogP contribution in [0.25, 0.3) is 0 Å². The Labute approximate surface area is 72.3 Å². The molecule has 0 spiro atoms. The predicted octanol–water partition coefficient (Wildman–Crippen LogP) is 0.547. The zero-order valence-corrected chi connectivity index (χ0v) is 7.57. The van der Waals surface area contributed by atoms with E-state index in [1.54, 1.807) is 6.07 Å². The maximum Gasteiger partial charge on any atom is 0.325 e. The molecule has 0 radical (unpaired) electrons. The minimum absolute atomic E-state index is 0.00153. The van der Waals surface area contributed by atoms with Crippen LogP contribution in [0.1, 0.15) is 0 Å². The molecule has 0 aliphatic rings. The topological polar surface area (TPSA) is 70.1 Å². The van der Waals surface area contributed by atoms with Crippen LogP contribution in [-0.2, 0) is 0 Å². The summed E-state index contributed by atoms with van der Waals surface area (Å²) in [7, 11) is 0. The molecule has 1 aromatic heterocycles. The van der Waals surface area contributed by atoms with Crippen molar-refractivity contribution in [1.29, 1.82) is 0 Å². The Bertz CT molecular complexity index is 272. The van der Waals surface area contributed by atoms with E-state index >= 15 is 0 Å². The van der Waals surface area contributed by atoms with Gasteiger partial charge in [0.05, 0.1) is 0 Å². The van der Waals surface area contributed by atoms with Gasteiger partial charge in [0, 0.05) is 6.07 Å². The van der Waals surface area contributed by atoms with Crippen molar-refractivity contribution >= 4 is 31.1 Å². The van der Waals surface area contributed by atoms with E-state index in [4.69, 9.17) is 4.42 Å². The van der Waals surface area contributed by atoms with Gasteiger partial charge in [-0.2, -0.15) is 0 Å². The normalized spacial score (nSPS) is 12.8. The Morgan fingerprint density at radius 3 is 2.91 bits per heavy atom. The molecule has 0 saturated carbocycles. The van der Waals surface area contributed by atoms with E-state index in [-0.39, 0.29) is 5.88 Å². The van der Waals surface area contributed by atoms with E-state index in [1.807, 2.05) is 0 Å². The van der Waals surface area contributed by atoms with E-state index in [1.165, 1.54) is 6.07 Å². The fraction of sp³-hybridized carbons (Fsp3) is 0. The molecule has 1 unspecified atom stereocenters. The van der Waals surface area contributed by atoms with Gasteiger partial charge in [-0.1, -0.05) is 30.2 Å². The van der Waals surface area contributed by atoms with Crippen LogP contribution >= 0.6 is 20.7 Å². The van der Waals surface area contributed by atoms with Crippen molar-refractivity contribution in [2.75, 3.05) is 0 Å². The number of hydrogen-bond acceptors (Lipinski definition) is 4. The molecule has 5 nitrogen and oxygen atoms in total. The summed E-state index contributed by atoms with van der Waals surface area (Å²) in [5.41, 5.74) is 0. The maximum atomic E-state index is 10.6. The molecule has 0 aliphatic heterocycles. The molecular weight excluding hydrogens is 263 g/mol. The molecule has 0 aliphatic carbocycles. The number of hydrogen-bond donors (Lipinski definition) is 1. The Balaban J connectivity index is 2.87. The van der Waals surface area contributed by atoms with Crippen LogP contribution in [0.5, 0.6) is 0 Å². The molecule has 0 bridgehead atoms. The summed E-state index contributed by atoms with van der Waals surface area (Å²) in [5.74, 6) is -0.00153. The summed E-state index contributed by atoms with van der Waals surface area (Å²) in [4.78, 5) is 9.74. The maximum absolute atomic E-state index is 10.6. The van der Waals surface area contributed by atoms with Crippen molar-refractivity contribution < 1.29 is 9.59 Å². The molecule has 1 N–H and O–H groups in total. The van der Waals surface area contributed by atoms with E-state index in [0.29, 0.717) is 3.77 Å². The molecule has 1 rings (SSSR count). The van der Waals surface area contributed by atoms with Gasteiger partial charge in [0.1, 0.15) is 0 Å². The minimum Gasteiger partial charge on any atom is -0.596 e. The lowest BCUT2D eigenvalue weighted by atomic mass is 10.6. The third-order valence-corrected chi connectivity index (χ3v) is 2.33. The fourth-order valence-electron chi connectivity index (χ4n) is 0.546. The molecular formula is C5H5IN2O3. The van der Waals surface area contributed by atoms with Crippen molar-refractivity contribution in [3.8, 4) is 0 Å². The smallest absolute Gasteiger partial charge is 0.325 e. The Kier molecular flexibility index (Phi) is 2.85. The number of rotatable bonds is 3. The first-order valence-corrected chi connectivity index (χ1v) is 5.24. The van der Waals surface area contributed by atoms with Gasteiger partial charge in [-0.3, -0.25) is 0 Å². The molecule has 6 heteroatoms. The second-order valence-electron chi connectivity index (χ2n) is 1.63. The van der Waals surface area contributed by atoms with Crippen molar-refractivity contribution in [3.63, 3.8) is 0 Å². The predicted molar refractivity (Wildman–Crippen MR) is 48.3 cm³/mol. The minimum atomic E-state index is -0.867. The number of nitrogens with one attached hydrogen (secondary N) is 1. The lowest BCUT2D eigenvalue weighted by Crippen LogP contribution is -2.96. The van der Waals surface area contributed by atoms with Crippen LogP contribution in [0, 0.1) is 13.9 Å². The van der Waals surface area contributed by atoms with E-state index in [9.17, 15) is 10.1 Å². The average molecular weight is 268 g/mol. The van der Waals surface area contributed by atoms with Gasteiger partial charge < -0.3 is 9.62 Å². The first-order valence-electron chi connectivity index (χ1n) is 2.64. The standard InChI is InChI=1S/C5H5IN2O3/c1-6-4-2-3-5(11-4)8(10)7-9/h2-3,8H,1H2. The molecule has 1 atom stereocenters. The number of furan rings is 1. The van der Waals surface area contributed by atoms with Crippen molar-refractivity contribution in [2.24, 2.45) is 5.29 Å². The zero-order valence-electron chi connectivity index (χ0n) is 5.41. The molecule has 0 aromatic carbocycles. The summed E-state index contributed by atoms with van der Waals surface area (Å²) in [6.45, 7) is 0. The highest BCUT2D eigenvalue weighted by atomic mass is 127. The molecule has 60 valence electrons. The van der Waals surface area contributed by atoms with Crippen LogP contribution in [-0.4, -0.2) is 4.51 Å². The SMILES string of the molecule is C=Ic1ccc([NH+]([O-])N=O)o1. The number of quaternary nitrogens is 1. The quantitative estimate of drug-likeness (QED) is 0.494. The lowest BCUT2D eigenvalue weighted by molar-refractivity contribution is -0.794. The molecule has 0 fully saturated rings. The Morgan fingerprint density at radius 2 is 2.45 bits per heavy atom. The first-order chi connectivity index (χ1) is 5.27. The van der Waals surface area contributed by atoms with Gasteiger partial charge >= 0.3 is 5.88 Å². The van der Waals surface area contributed by atoms with Gasteiger partial charge in [0.2, 0.25) is 0 Å². The van der Waals surface area contributed by atoms with E-state index < -0.39 is 25.9 Å². The third-order valence-electron chi connectivity index (χ3n) is 0.999. The molecule has 1 aromatic rings. The zero-order chi connectivity index (χ0) is 8.27. The van der Waals surface area contributed by atoms with Gasteiger partial charge in [-0.15, -0.1) is 5.17 Å². The summed E-state index contributed by atoms with van der Waals surface area (Å²) >= 11 is -0.413. The second-order valence-corrected chi connectivity index (χ2v) is 3.46. The fourth-order valence-corrected chi connectivity index (χ4v) is 1.37. The Morgan fingerprint density at radius 1 is 1.73 bits per heavy atom. The Hall–Kier alpha value is -0.600. The average Bonchev–Trinajstić information content (AvgIpc) is 2.50. The largest absolute Gasteiger partial charge is 0.596 e. The lowest BCUT2D eigenvalue weighted by Gasteiger charge is -2.03. The molecule has 0 saturated heterocycles. The van der Waals surface area contributed by atoms with E-state index in [2.05, 4.69) is 9.80 Å².